The molecule has 0 fully saturated rings. The summed E-state index contributed by atoms with van der Waals surface area (Å²) in [5.41, 5.74) is 0.819. The molecule has 0 atom stereocenters. The van der Waals surface area contributed by atoms with E-state index in [-0.39, 0.29) is 56.9 Å². The van der Waals surface area contributed by atoms with Gasteiger partial charge in [0.25, 0.3) is 0 Å². The monoisotopic (exact) mass is 188 g/mol. The van der Waals surface area contributed by atoms with Gasteiger partial charge in [-0.15, -0.1) is 0 Å². The largest absolute Gasteiger partial charge is 1.00 e. The summed E-state index contributed by atoms with van der Waals surface area (Å²) < 4.78 is 1.62. The number of aromatic carboxylic acids is 1. The van der Waals surface area contributed by atoms with Crippen LogP contribution < -0.4 is 56.5 Å². The van der Waals surface area contributed by atoms with E-state index in [1.54, 1.807) is 22.8 Å². The van der Waals surface area contributed by atoms with E-state index in [4.69, 9.17) is 0 Å². The van der Waals surface area contributed by atoms with Crippen molar-refractivity contribution < 1.29 is 61.3 Å². The Morgan fingerprint density at radius 3 is 3.00 bits per heavy atom. The standard InChI is InChI=1S/C7H6N2O2.K/c10-7(11)5-4-8-9-3-1-2-6(5)9;/h1-4,8H,(H,10,11);/q;+1/p-1. The minimum Gasteiger partial charge on any atom is -0.545 e. The van der Waals surface area contributed by atoms with Gasteiger partial charge in [0.2, 0.25) is 0 Å². The van der Waals surface area contributed by atoms with Gasteiger partial charge >= 0.3 is 51.4 Å². The molecule has 1 N–H and O–H groups in total. The number of hydrogen-bond acceptors (Lipinski definition) is 2. The van der Waals surface area contributed by atoms with Crippen LogP contribution in [-0.2, 0) is 0 Å². The zero-order valence-electron chi connectivity index (χ0n) is 6.57. The third-order valence-corrected chi connectivity index (χ3v) is 1.59. The molecule has 12 heavy (non-hydrogen) atoms. The van der Waals surface area contributed by atoms with Crippen LogP contribution in [0.4, 0.5) is 0 Å². The minimum absolute atomic E-state index is 0. The van der Waals surface area contributed by atoms with E-state index in [0.29, 0.717) is 5.52 Å². The first-order valence-corrected chi connectivity index (χ1v) is 3.15. The normalized spacial score (nSPS) is 9.67. The van der Waals surface area contributed by atoms with Gasteiger partial charge in [0.15, 0.2) is 0 Å². The summed E-state index contributed by atoms with van der Waals surface area (Å²) in [6.07, 6.45) is 3.15. The molecule has 2 heterocycles. The van der Waals surface area contributed by atoms with Gasteiger partial charge < -0.3 is 15.0 Å². The predicted molar refractivity (Wildman–Crippen MR) is 36.1 cm³/mol. The van der Waals surface area contributed by atoms with Crippen molar-refractivity contribution in [3.63, 3.8) is 0 Å². The van der Waals surface area contributed by atoms with Crippen LogP contribution in [-0.4, -0.2) is 15.6 Å². The number of fused-ring (bicyclic) bond motifs is 1. The van der Waals surface area contributed by atoms with Gasteiger partial charge in [0.1, 0.15) is 0 Å². The average molecular weight is 188 g/mol. The number of aromatic nitrogens is 2. The smallest absolute Gasteiger partial charge is 0.545 e. The molecule has 2 aromatic rings. The average Bonchev–Trinajstić information content (AvgIpc) is 2.41. The molecule has 56 valence electrons. The molecule has 0 saturated heterocycles. The van der Waals surface area contributed by atoms with Crippen LogP contribution in [0.3, 0.4) is 0 Å². The predicted octanol–water partition coefficient (Wildman–Crippen LogP) is -3.37. The Kier molecular flexibility index (Phi) is 3.13. The van der Waals surface area contributed by atoms with E-state index < -0.39 is 5.97 Å². The molecule has 0 aliphatic heterocycles. The van der Waals surface area contributed by atoms with Gasteiger partial charge in [-0.25, -0.2) is 0 Å². The van der Waals surface area contributed by atoms with Crippen LogP contribution in [0.25, 0.3) is 5.52 Å². The fraction of sp³-hybridized carbons (Fsp3) is 0. The zero-order chi connectivity index (χ0) is 7.84. The van der Waals surface area contributed by atoms with E-state index >= 15 is 0 Å². The summed E-state index contributed by atoms with van der Waals surface area (Å²) in [6, 6.07) is 3.47. The quantitative estimate of drug-likeness (QED) is 0.475. The first-order valence-electron chi connectivity index (χ1n) is 3.15. The summed E-state index contributed by atoms with van der Waals surface area (Å²) in [5.74, 6) is -1.16. The number of carboxylic acid groups (broad SMARTS) is 1. The number of carbonyl (C=O) groups excluding carboxylic acids is 1. The number of carbonyl (C=O) groups is 1. The van der Waals surface area contributed by atoms with Crippen molar-refractivity contribution in [1.29, 1.82) is 0 Å². The molecule has 0 amide bonds. The van der Waals surface area contributed by atoms with Gasteiger partial charge in [0, 0.05) is 18.0 Å². The minimum atomic E-state index is -1.16. The van der Waals surface area contributed by atoms with Crippen LogP contribution in [0.15, 0.2) is 24.5 Å². The van der Waals surface area contributed by atoms with E-state index in [9.17, 15) is 9.90 Å². The number of hydrogen-bond donors (Lipinski definition) is 1. The Morgan fingerprint density at radius 1 is 1.58 bits per heavy atom. The molecule has 0 unspecified atom stereocenters. The number of aromatic amines is 1. The topological polar surface area (TPSA) is 60.3 Å². The van der Waals surface area contributed by atoms with Crippen molar-refractivity contribution in [3.05, 3.63) is 30.1 Å². The van der Waals surface area contributed by atoms with E-state index in [2.05, 4.69) is 5.10 Å². The second-order valence-corrected chi connectivity index (χ2v) is 2.24. The first-order chi connectivity index (χ1) is 5.29. The second-order valence-electron chi connectivity index (χ2n) is 2.24. The summed E-state index contributed by atoms with van der Waals surface area (Å²) >= 11 is 0. The van der Waals surface area contributed by atoms with E-state index in [0.717, 1.165) is 0 Å². The van der Waals surface area contributed by atoms with Crippen LogP contribution >= 0.6 is 0 Å². The maximum Gasteiger partial charge on any atom is 1.00 e. The number of carboxylic acids is 1. The molecule has 0 spiro atoms. The number of nitrogens with one attached hydrogen (secondary N) is 1. The van der Waals surface area contributed by atoms with Gasteiger partial charge in [-0.1, -0.05) is 0 Å². The van der Waals surface area contributed by atoms with Gasteiger partial charge in [-0.05, 0) is 12.1 Å². The maximum atomic E-state index is 10.4. The molecule has 0 radical (unpaired) electrons. The summed E-state index contributed by atoms with van der Waals surface area (Å²) in [5, 5.41) is 13.2. The Bertz CT molecular complexity index is 404. The second kappa shape index (κ2) is 3.76. The Hall–Kier alpha value is -0.0736. The Labute approximate surface area is 111 Å². The van der Waals surface area contributed by atoms with Crippen LogP contribution in [0.2, 0.25) is 0 Å². The van der Waals surface area contributed by atoms with Gasteiger partial charge in [-0.3, -0.25) is 4.52 Å². The molecule has 0 aliphatic carbocycles. The van der Waals surface area contributed by atoms with Crippen LogP contribution in [0.1, 0.15) is 10.4 Å². The SMILES string of the molecule is O=C([O-])c1c[nH]n2cccc12.[K+]. The molecule has 0 bridgehead atoms. The Balaban J connectivity index is 0.000000720. The molecule has 0 aliphatic rings. The van der Waals surface area contributed by atoms with Crippen molar-refractivity contribution in [2.24, 2.45) is 0 Å². The summed E-state index contributed by atoms with van der Waals surface area (Å²) in [7, 11) is 0. The molecule has 0 saturated carbocycles. The number of rotatable bonds is 1. The van der Waals surface area contributed by atoms with Crippen molar-refractivity contribution in [2.75, 3.05) is 0 Å². The summed E-state index contributed by atoms with van der Waals surface area (Å²) in [6.45, 7) is 0. The fourth-order valence-electron chi connectivity index (χ4n) is 1.08. The Morgan fingerprint density at radius 2 is 2.33 bits per heavy atom. The molecular formula is C7H5KN2O2. The molecule has 5 heteroatoms. The molecular weight excluding hydrogens is 183 g/mol. The van der Waals surface area contributed by atoms with Gasteiger partial charge in [0.05, 0.1) is 11.5 Å². The molecule has 0 aromatic carbocycles. The van der Waals surface area contributed by atoms with E-state index in [1.807, 2.05) is 0 Å². The molecule has 2 rings (SSSR count). The first kappa shape index (κ1) is 10.0. The van der Waals surface area contributed by atoms with Crippen LogP contribution in [0, 0.1) is 0 Å². The molecule has 4 nitrogen and oxygen atoms in total. The number of nitrogens with zero attached hydrogens (tertiary/aromatic N) is 1. The zero-order valence-corrected chi connectivity index (χ0v) is 9.70. The summed E-state index contributed by atoms with van der Waals surface area (Å²) in [4.78, 5) is 10.4. The van der Waals surface area contributed by atoms with Crippen molar-refractivity contribution >= 4 is 11.5 Å². The number of H-pyrrole nitrogens is 1. The maximum absolute atomic E-state index is 10.4. The fourth-order valence-corrected chi connectivity index (χ4v) is 1.08. The van der Waals surface area contributed by atoms with Crippen LogP contribution in [0.5, 0.6) is 0 Å². The van der Waals surface area contributed by atoms with E-state index in [1.165, 1.54) is 6.20 Å². The van der Waals surface area contributed by atoms with Gasteiger partial charge in [-0.2, -0.15) is 0 Å². The third kappa shape index (κ3) is 1.50. The van der Waals surface area contributed by atoms with Crippen molar-refractivity contribution in [1.82, 2.24) is 9.61 Å². The molecule has 2 aromatic heterocycles. The third-order valence-electron chi connectivity index (χ3n) is 1.59. The van der Waals surface area contributed by atoms with Crippen molar-refractivity contribution in [2.45, 2.75) is 0 Å². The van der Waals surface area contributed by atoms with Crippen molar-refractivity contribution in [3.8, 4) is 0 Å².